The second kappa shape index (κ2) is 39.9. The first-order valence-corrected chi connectivity index (χ1v) is 37.9. The number of aromatic hydroxyl groups is 1. The van der Waals surface area contributed by atoms with Gasteiger partial charge in [0.1, 0.15) is 109 Å². The van der Waals surface area contributed by atoms with Crippen molar-refractivity contribution in [1.82, 2.24) is 47.5 Å². The minimum Gasteiger partial charge on any atom is -0.507 e. The zero-order valence-electron chi connectivity index (χ0n) is 57.8. The van der Waals surface area contributed by atoms with E-state index in [1.165, 1.54) is 18.2 Å². The van der Waals surface area contributed by atoms with E-state index in [2.05, 4.69) is 47.5 Å². The molecule has 37 nitrogen and oxygen atoms in total. The van der Waals surface area contributed by atoms with E-state index in [1.54, 1.807) is 60.8 Å². The molecule has 4 aliphatic heterocycles. The van der Waals surface area contributed by atoms with Gasteiger partial charge in [-0.05, 0) is 104 Å². The number of amides is 7. The number of aliphatic carboxylic acids is 1. The summed E-state index contributed by atoms with van der Waals surface area (Å²) in [5, 5.41) is 173. The first kappa shape index (κ1) is 86.0. The molecule has 24 atom stereocenters. The van der Waals surface area contributed by atoms with Crippen LogP contribution in [0.1, 0.15) is 49.8 Å². The van der Waals surface area contributed by atoms with Gasteiger partial charge in [0, 0.05) is 41.4 Å². The van der Waals surface area contributed by atoms with Crippen molar-refractivity contribution in [2.24, 2.45) is 5.73 Å². The third-order valence-electron chi connectivity index (χ3n) is 18.4. The van der Waals surface area contributed by atoms with Crippen molar-refractivity contribution in [3.8, 4) is 5.75 Å². The highest BCUT2D eigenvalue weighted by atomic mass is 123. The summed E-state index contributed by atoms with van der Waals surface area (Å²) in [5.41, 5.74) is 7.82. The quantitative estimate of drug-likeness (QED) is 0.0158. The van der Waals surface area contributed by atoms with Crippen LogP contribution in [0.3, 0.4) is 0 Å². The Morgan fingerprint density at radius 1 is 0.710 bits per heavy atom. The maximum atomic E-state index is 15.4. The number of phenolic OH excluding ortho intramolecular Hbond substituents is 1. The molecule has 0 saturated carbocycles. The SMILES string of the molecule is C[C@@H](O)[C@H](NC(=O)[C@@H]1CSSC[C@H](NC(=O)[C@H](Cc2ccccc2)NC[C@]2(O)OC[C@H](O)[C@@H](O[C@@H]3O[C@@H](CO)[C@@H](O[C@@H]4O[C@@H](CO)[C@@H](O)[C@H](O)[C@@H]4O)[C@H](O)[C@@H]3O)[C@@H]2O)C(=O)N[C@@H](Cc2ccc(O)c([123I])c2)C(=O)N[C@H](Cc2c[nH]c3ccccc23)C(=O)N[C@@H](CCCCN)C(=O)N[C@@H]([C@@H](C)O)C(=O)N1)C(=O)O. The van der Waals surface area contributed by atoms with Crippen LogP contribution in [0, 0.1) is 3.57 Å². The van der Waals surface area contributed by atoms with Crippen LogP contribution in [-0.2, 0) is 81.3 Å². The fourth-order valence-corrected chi connectivity index (χ4v) is 15.2. The largest absolute Gasteiger partial charge is 0.507 e. The van der Waals surface area contributed by atoms with E-state index < -0.39 is 231 Å². The van der Waals surface area contributed by atoms with Crippen molar-refractivity contribution in [3.05, 3.63) is 99.3 Å². The molecule has 4 saturated heterocycles. The Balaban J connectivity index is 1.12. The van der Waals surface area contributed by atoms with Gasteiger partial charge in [-0.25, -0.2) is 4.79 Å². The lowest BCUT2D eigenvalue weighted by Gasteiger charge is -2.48. The van der Waals surface area contributed by atoms with Crippen molar-refractivity contribution < 1.29 is 134 Å². The summed E-state index contributed by atoms with van der Waals surface area (Å²) < 4.78 is 28.5. The summed E-state index contributed by atoms with van der Waals surface area (Å²) in [7, 11) is 1.57. The number of hydrogen-bond donors (Lipinski definition) is 24. The maximum Gasteiger partial charge on any atom is 0.328 e. The van der Waals surface area contributed by atoms with Crippen molar-refractivity contribution in [1.29, 1.82) is 0 Å². The Bertz CT molecular complexity index is 3650. The van der Waals surface area contributed by atoms with Crippen LogP contribution >= 0.6 is 44.2 Å². The number of carboxylic acid groups (broad SMARTS) is 1. The predicted octanol–water partition coefficient (Wildman–Crippen LogP) is -7.32. The number of aromatic amines is 1. The number of H-pyrrole nitrogens is 1. The molecule has 4 aliphatic rings. The van der Waals surface area contributed by atoms with Gasteiger partial charge in [0.05, 0.1) is 48.2 Å². The number of rotatable bonds is 26. The van der Waals surface area contributed by atoms with Gasteiger partial charge < -0.3 is 148 Å². The minimum atomic E-state index is -2.84. The number of ether oxygens (including phenoxy) is 5. The number of carboxylic acids is 1. The Hall–Kier alpha value is -6.57. The molecular formula is C67H93IN10O27S2. The summed E-state index contributed by atoms with van der Waals surface area (Å²) in [4.78, 5) is 119. The third kappa shape index (κ3) is 22.6. The molecule has 25 N–H and O–H groups in total. The molecule has 0 unspecified atom stereocenters. The molecule has 7 amide bonds. The number of benzene rings is 3. The Labute approximate surface area is 633 Å². The number of aliphatic hydroxyl groups excluding tert-OH is 11. The standard InChI is InChI=1S/C67H93IN10O27S2/c1-29(81)47-63(97)76-42(62(96)78-48(30(2)82)64(98)99)27-107-106-26-41(61(95)73-39(20-32-15-16-43(83)35(68)18-32)59(93)74-40(21-33-22-70-36-13-7-6-12-34(33)36)60(94)72-37(57(91)77-47)14-8-9-17-69)75-58(92)38(19-31-10-4-3-5-11-31)71-28-67(100)56(90)54(44(84)25-101-67)104-66-53(89)51(87)55(46(24-80)103-66)105-65-52(88)50(86)49(85)45(23-79)102-65/h3-7,10-13,15-16,18,22,29-30,37-42,44-56,65-66,70-71,79-90,100H,8-9,14,17,19-21,23-28,69H2,1-2H3,(H,72,94)(H,73,95)(H,74,93)(H,75,92)(H,76,97)(H,77,91)(H,78,96)(H,98,99)/t29-,30-,37+,38+,39+,40-,41+,42+,44+,45+,46+,47+,48+,49-,50+,51-,52+,53+,54-,55-,56+,65+,66+,67+/m1/s1/i68-4. The summed E-state index contributed by atoms with van der Waals surface area (Å²) >= 11 is 1.85. The average molecular weight is 1660 g/mol. The van der Waals surface area contributed by atoms with Crippen LogP contribution in [0.4, 0.5) is 0 Å². The monoisotopic (exact) mass is 1660 g/mol. The van der Waals surface area contributed by atoms with E-state index in [4.69, 9.17) is 29.4 Å². The molecule has 0 radical (unpaired) electrons. The van der Waals surface area contributed by atoms with Gasteiger partial charge in [-0.15, -0.1) is 0 Å². The summed E-state index contributed by atoms with van der Waals surface area (Å²) in [5.74, 6) is -13.0. The molecule has 0 bridgehead atoms. The first-order chi connectivity index (χ1) is 50.9. The highest BCUT2D eigenvalue weighted by Crippen LogP contribution is 2.34. The summed E-state index contributed by atoms with van der Waals surface area (Å²) in [6.07, 6.45) is -27.3. The van der Waals surface area contributed by atoms with Crippen molar-refractivity contribution in [2.75, 3.05) is 44.4 Å². The lowest BCUT2D eigenvalue weighted by molar-refractivity contribution is -0.383. The number of unbranched alkanes of at least 4 members (excludes halogenated alkanes) is 1. The number of aromatic nitrogens is 1. The summed E-state index contributed by atoms with van der Waals surface area (Å²) in [6.45, 7) is -1.22. The fourth-order valence-electron chi connectivity index (χ4n) is 12.3. The minimum absolute atomic E-state index is 0.113. The van der Waals surface area contributed by atoms with Gasteiger partial charge in [-0.3, -0.25) is 33.6 Å². The van der Waals surface area contributed by atoms with Gasteiger partial charge in [0.15, 0.2) is 18.6 Å². The number of nitrogens with one attached hydrogen (secondary N) is 9. The topological polar surface area (TPSA) is 604 Å². The highest BCUT2D eigenvalue weighted by molar-refractivity contribution is 14.1. The van der Waals surface area contributed by atoms with Crippen LogP contribution in [-0.4, -0.2) is 314 Å². The molecule has 4 fully saturated rings. The number of halogens is 1. The van der Waals surface area contributed by atoms with Crippen LogP contribution in [0.5, 0.6) is 5.75 Å². The summed E-state index contributed by atoms with van der Waals surface area (Å²) in [6, 6.07) is 5.90. The molecule has 1 aromatic heterocycles. The number of carbonyl (C=O) groups is 8. The van der Waals surface area contributed by atoms with E-state index in [0.29, 0.717) is 37.6 Å². The number of phenols is 1. The first-order valence-electron chi connectivity index (χ1n) is 34.3. The molecule has 107 heavy (non-hydrogen) atoms. The van der Waals surface area contributed by atoms with Crippen molar-refractivity contribution in [2.45, 2.75) is 198 Å². The number of carbonyl (C=O) groups excluding carboxylic acids is 7. The molecular weight excluding hydrogens is 1560 g/mol. The van der Waals surface area contributed by atoms with Gasteiger partial charge in [0.25, 0.3) is 0 Å². The Kier molecular flexibility index (Phi) is 32.1. The van der Waals surface area contributed by atoms with Gasteiger partial charge in [-0.2, -0.15) is 0 Å². The second-order valence-electron chi connectivity index (χ2n) is 26.4. The third-order valence-corrected chi connectivity index (χ3v) is 21.7. The number of aliphatic hydroxyl groups is 12. The molecule has 8 rings (SSSR count). The number of hydrogen-bond acceptors (Lipinski definition) is 30. The van der Waals surface area contributed by atoms with Crippen LogP contribution in [0.25, 0.3) is 10.9 Å². The van der Waals surface area contributed by atoms with E-state index in [0.717, 1.165) is 35.4 Å². The normalized spacial score (nSPS) is 32.2. The molecule has 40 heteroatoms. The van der Waals surface area contributed by atoms with E-state index in [-0.39, 0.29) is 44.4 Å². The number of nitrogens with two attached hydrogens (primary N) is 1. The Morgan fingerprint density at radius 2 is 1.33 bits per heavy atom. The molecule has 0 aliphatic carbocycles. The molecule has 4 aromatic rings. The predicted molar refractivity (Wildman–Crippen MR) is 385 cm³/mol. The zero-order valence-corrected chi connectivity index (χ0v) is 61.6. The van der Waals surface area contributed by atoms with Crippen molar-refractivity contribution >= 4 is 102 Å². The maximum absolute atomic E-state index is 15.4. The Morgan fingerprint density at radius 3 is 1.98 bits per heavy atom. The van der Waals surface area contributed by atoms with Gasteiger partial charge in [-0.1, -0.05) is 76.2 Å². The number of para-hydroxylation sites is 1. The highest BCUT2D eigenvalue weighted by Gasteiger charge is 2.55. The van der Waals surface area contributed by atoms with E-state index in [9.17, 15) is 90.7 Å². The second-order valence-corrected chi connectivity index (χ2v) is 30.1. The molecule has 3 aromatic carbocycles. The number of fused-ring (bicyclic) bond motifs is 1. The zero-order chi connectivity index (χ0) is 78.1. The van der Waals surface area contributed by atoms with E-state index >= 15 is 19.2 Å². The van der Waals surface area contributed by atoms with E-state index in [1.807, 2.05) is 22.6 Å². The molecule has 5 heterocycles. The van der Waals surface area contributed by atoms with Gasteiger partial charge >= 0.3 is 5.97 Å². The molecule has 592 valence electrons. The van der Waals surface area contributed by atoms with Crippen LogP contribution < -0.4 is 48.3 Å². The van der Waals surface area contributed by atoms with Gasteiger partial charge in [0.2, 0.25) is 47.1 Å². The van der Waals surface area contributed by atoms with Crippen molar-refractivity contribution in [3.63, 3.8) is 0 Å². The smallest absolute Gasteiger partial charge is 0.328 e. The van der Waals surface area contributed by atoms with Crippen LogP contribution in [0.2, 0.25) is 0 Å². The van der Waals surface area contributed by atoms with Crippen LogP contribution in [0.15, 0.2) is 79.0 Å². The average Bonchev–Trinajstić information content (AvgIpc) is 1.34. The molecule has 0 spiro atoms. The lowest BCUT2D eigenvalue weighted by atomic mass is 9.94. The lowest BCUT2D eigenvalue weighted by Crippen LogP contribution is -2.69. The fraction of sp³-hybridized carbons (Fsp3) is 0.582.